The molecule has 0 aliphatic rings. The van der Waals surface area contributed by atoms with Crippen LogP contribution in [0.15, 0.2) is 47.4 Å². The van der Waals surface area contributed by atoms with Gasteiger partial charge in [0.15, 0.2) is 0 Å². The van der Waals surface area contributed by atoms with Crippen LogP contribution in [0.25, 0.3) is 11.1 Å². The Balaban J connectivity index is 2.50. The Hall–Kier alpha value is -0.990. The van der Waals surface area contributed by atoms with E-state index in [1.165, 1.54) is 6.07 Å². The third-order valence-corrected chi connectivity index (χ3v) is 2.68. The van der Waals surface area contributed by atoms with Gasteiger partial charge in [-0.25, -0.2) is 4.39 Å². The van der Waals surface area contributed by atoms with Crippen molar-refractivity contribution < 1.29 is 4.39 Å². The molecule has 0 saturated carbocycles. The highest BCUT2D eigenvalue weighted by atomic mass is 35.5. The lowest BCUT2D eigenvalue weighted by molar-refractivity contribution is 0.629. The zero-order valence-electron chi connectivity index (χ0n) is 7.74. The number of rotatable bonds is 1. The molecule has 0 amide bonds. The fourth-order valence-electron chi connectivity index (χ4n) is 1.36. The van der Waals surface area contributed by atoms with Gasteiger partial charge in [0, 0.05) is 4.90 Å². The smallest absolute Gasteiger partial charge is 0.142 e. The minimum atomic E-state index is -0.404. The number of hydrogen-bond acceptors (Lipinski definition) is 1. The number of benzene rings is 2. The lowest BCUT2D eigenvalue weighted by Crippen LogP contribution is -1.81. The van der Waals surface area contributed by atoms with E-state index in [2.05, 4.69) is 12.6 Å². The summed E-state index contributed by atoms with van der Waals surface area (Å²) < 4.78 is 13.2. The van der Waals surface area contributed by atoms with Crippen molar-refractivity contribution in [1.82, 2.24) is 0 Å². The van der Waals surface area contributed by atoms with Crippen molar-refractivity contribution in [2.24, 2.45) is 0 Å². The normalized spacial score (nSPS) is 10.3. The molecule has 3 heteroatoms. The summed E-state index contributed by atoms with van der Waals surface area (Å²) in [6.45, 7) is 0. The fourth-order valence-corrected chi connectivity index (χ4v) is 1.70. The highest BCUT2D eigenvalue weighted by Crippen LogP contribution is 2.25. The van der Waals surface area contributed by atoms with Crippen LogP contribution in [0.1, 0.15) is 0 Å². The molecule has 0 spiro atoms. The molecule has 0 N–H and O–H groups in total. The second-order valence-electron chi connectivity index (χ2n) is 3.18. The second kappa shape index (κ2) is 4.25. The predicted octanol–water partition coefficient (Wildman–Crippen LogP) is 4.43. The molecule has 0 unspecified atom stereocenters. The van der Waals surface area contributed by atoms with E-state index in [4.69, 9.17) is 11.6 Å². The molecule has 0 aromatic heterocycles. The minimum absolute atomic E-state index is 0.140. The summed E-state index contributed by atoms with van der Waals surface area (Å²) in [6.07, 6.45) is 0. The third kappa shape index (κ3) is 2.33. The highest BCUT2D eigenvalue weighted by molar-refractivity contribution is 7.80. The Morgan fingerprint density at radius 2 is 1.73 bits per heavy atom. The van der Waals surface area contributed by atoms with Crippen molar-refractivity contribution in [2.75, 3.05) is 0 Å². The summed E-state index contributed by atoms with van der Waals surface area (Å²) in [6, 6.07) is 12.3. The molecular formula is C12H8ClFS. The van der Waals surface area contributed by atoms with Crippen molar-refractivity contribution in [2.45, 2.75) is 4.90 Å². The van der Waals surface area contributed by atoms with Crippen molar-refractivity contribution in [1.29, 1.82) is 0 Å². The molecule has 2 aromatic rings. The molecule has 0 saturated heterocycles. The lowest BCUT2D eigenvalue weighted by Gasteiger charge is -2.03. The van der Waals surface area contributed by atoms with Crippen molar-refractivity contribution in [3.8, 4) is 11.1 Å². The molecule has 0 atom stereocenters. The van der Waals surface area contributed by atoms with Crippen LogP contribution < -0.4 is 0 Å². The lowest BCUT2D eigenvalue weighted by atomic mass is 10.1. The SMILES string of the molecule is Fc1cc(-c2cccc(S)c2)ccc1Cl. The summed E-state index contributed by atoms with van der Waals surface area (Å²) in [7, 11) is 0. The van der Waals surface area contributed by atoms with Crippen LogP contribution in [0.3, 0.4) is 0 Å². The van der Waals surface area contributed by atoms with Gasteiger partial charge in [-0.1, -0.05) is 29.8 Å². The third-order valence-electron chi connectivity index (χ3n) is 2.10. The molecular weight excluding hydrogens is 231 g/mol. The zero-order valence-corrected chi connectivity index (χ0v) is 9.39. The standard InChI is InChI=1S/C12H8ClFS/c13-11-5-4-9(7-12(11)14)8-2-1-3-10(15)6-8/h1-7,15H. The van der Waals surface area contributed by atoms with Crippen molar-refractivity contribution in [3.63, 3.8) is 0 Å². The Kier molecular flexibility index (Phi) is 2.98. The van der Waals surface area contributed by atoms with E-state index < -0.39 is 5.82 Å². The van der Waals surface area contributed by atoms with Gasteiger partial charge in [-0.05, 0) is 35.4 Å². The van der Waals surface area contributed by atoms with Gasteiger partial charge in [-0.2, -0.15) is 0 Å². The summed E-state index contributed by atoms with van der Waals surface area (Å²) >= 11 is 9.84. The maximum atomic E-state index is 13.2. The Bertz CT molecular complexity index is 497. The number of hydrogen-bond donors (Lipinski definition) is 1. The Labute approximate surface area is 98.1 Å². The second-order valence-corrected chi connectivity index (χ2v) is 4.10. The maximum Gasteiger partial charge on any atom is 0.142 e. The van der Waals surface area contributed by atoms with Gasteiger partial charge in [-0.3, -0.25) is 0 Å². The summed E-state index contributed by atoms with van der Waals surface area (Å²) in [5, 5.41) is 0.140. The van der Waals surface area contributed by atoms with Gasteiger partial charge in [0.25, 0.3) is 0 Å². The summed E-state index contributed by atoms with van der Waals surface area (Å²) in [5.41, 5.74) is 1.73. The molecule has 2 rings (SSSR count). The molecule has 0 aliphatic carbocycles. The van der Waals surface area contributed by atoms with Crippen LogP contribution in [0.4, 0.5) is 4.39 Å². The molecule has 0 fully saturated rings. The van der Waals surface area contributed by atoms with Gasteiger partial charge in [0.1, 0.15) is 5.82 Å². The van der Waals surface area contributed by atoms with Crippen LogP contribution in [0, 0.1) is 5.82 Å². The van der Waals surface area contributed by atoms with Gasteiger partial charge >= 0.3 is 0 Å². The van der Waals surface area contributed by atoms with E-state index in [0.717, 1.165) is 16.0 Å². The quantitative estimate of drug-likeness (QED) is 0.698. The first-order valence-electron chi connectivity index (χ1n) is 4.41. The first-order valence-corrected chi connectivity index (χ1v) is 5.24. The molecule has 2 aromatic carbocycles. The number of halogens is 2. The largest absolute Gasteiger partial charge is 0.205 e. The van der Waals surface area contributed by atoms with E-state index >= 15 is 0 Å². The van der Waals surface area contributed by atoms with E-state index in [9.17, 15) is 4.39 Å². The molecule has 0 nitrogen and oxygen atoms in total. The van der Waals surface area contributed by atoms with Crippen molar-refractivity contribution >= 4 is 24.2 Å². The summed E-state index contributed by atoms with van der Waals surface area (Å²) in [5.74, 6) is -0.404. The first-order chi connectivity index (χ1) is 7.16. The molecule has 76 valence electrons. The topological polar surface area (TPSA) is 0 Å². The molecule has 0 aliphatic heterocycles. The monoisotopic (exact) mass is 238 g/mol. The minimum Gasteiger partial charge on any atom is -0.205 e. The van der Waals surface area contributed by atoms with E-state index in [1.54, 1.807) is 12.1 Å². The van der Waals surface area contributed by atoms with E-state index in [0.29, 0.717) is 0 Å². The van der Waals surface area contributed by atoms with Crippen LogP contribution in [0.5, 0.6) is 0 Å². The van der Waals surface area contributed by atoms with E-state index in [-0.39, 0.29) is 5.02 Å². The molecule has 15 heavy (non-hydrogen) atoms. The van der Waals surface area contributed by atoms with Gasteiger partial charge in [-0.15, -0.1) is 12.6 Å². The summed E-state index contributed by atoms with van der Waals surface area (Å²) in [4.78, 5) is 0.850. The average Bonchev–Trinajstić information content (AvgIpc) is 2.22. The highest BCUT2D eigenvalue weighted by Gasteiger charge is 2.03. The van der Waals surface area contributed by atoms with Gasteiger partial charge < -0.3 is 0 Å². The maximum absolute atomic E-state index is 13.2. The first kappa shape index (κ1) is 10.5. The van der Waals surface area contributed by atoms with Crippen LogP contribution in [-0.2, 0) is 0 Å². The van der Waals surface area contributed by atoms with Crippen LogP contribution in [0.2, 0.25) is 5.02 Å². The molecule has 0 bridgehead atoms. The van der Waals surface area contributed by atoms with Gasteiger partial charge in [0.05, 0.1) is 5.02 Å². The van der Waals surface area contributed by atoms with Crippen molar-refractivity contribution in [3.05, 3.63) is 53.3 Å². The molecule has 0 radical (unpaired) electrons. The number of thiol groups is 1. The predicted molar refractivity (Wildman–Crippen MR) is 64.1 cm³/mol. The Morgan fingerprint density at radius 1 is 1.00 bits per heavy atom. The van der Waals surface area contributed by atoms with Crippen LogP contribution >= 0.6 is 24.2 Å². The average molecular weight is 239 g/mol. The van der Waals surface area contributed by atoms with E-state index in [1.807, 2.05) is 24.3 Å². The van der Waals surface area contributed by atoms with Gasteiger partial charge in [0.2, 0.25) is 0 Å². The molecule has 0 heterocycles. The zero-order chi connectivity index (χ0) is 10.8. The van der Waals surface area contributed by atoms with Crippen LogP contribution in [-0.4, -0.2) is 0 Å². The Morgan fingerprint density at radius 3 is 2.40 bits per heavy atom. The fraction of sp³-hybridized carbons (Fsp3) is 0.